The van der Waals surface area contributed by atoms with E-state index in [2.05, 4.69) is 12.2 Å². The van der Waals surface area contributed by atoms with E-state index in [1.165, 1.54) is 11.6 Å². The molecule has 3 heteroatoms. The quantitative estimate of drug-likeness (QED) is 0.802. The summed E-state index contributed by atoms with van der Waals surface area (Å²) in [7, 11) is 1.70. The Morgan fingerprint density at radius 3 is 2.75 bits per heavy atom. The average Bonchev–Trinajstić information content (AvgIpc) is 2.23. The van der Waals surface area contributed by atoms with Gasteiger partial charge in [-0.1, -0.05) is 13.0 Å². The second kappa shape index (κ2) is 6.61. The molecule has 0 aliphatic carbocycles. The molecule has 1 rings (SSSR count). The van der Waals surface area contributed by atoms with Gasteiger partial charge in [0.25, 0.3) is 0 Å². The van der Waals surface area contributed by atoms with Gasteiger partial charge < -0.3 is 10.1 Å². The van der Waals surface area contributed by atoms with Crippen LogP contribution in [-0.4, -0.2) is 26.3 Å². The third kappa shape index (κ3) is 3.91. The lowest BCUT2D eigenvalue weighted by Gasteiger charge is -2.18. The third-order valence-electron chi connectivity index (χ3n) is 2.63. The third-order valence-corrected chi connectivity index (χ3v) is 2.63. The zero-order valence-electron chi connectivity index (χ0n) is 10.2. The van der Waals surface area contributed by atoms with Gasteiger partial charge in [0.1, 0.15) is 5.82 Å². The maximum atomic E-state index is 12.9. The standard InChI is InChI=1S/C13H20FNO/c1-4-15-13(9-16-3)8-11-5-6-12(14)7-10(11)2/h5-7,13,15H,4,8-9H2,1-3H3. The molecule has 90 valence electrons. The van der Waals surface area contributed by atoms with Gasteiger partial charge in [0, 0.05) is 13.2 Å². The molecule has 1 atom stereocenters. The number of aryl methyl sites for hydroxylation is 1. The van der Waals surface area contributed by atoms with Crippen LogP contribution in [0.1, 0.15) is 18.1 Å². The van der Waals surface area contributed by atoms with Gasteiger partial charge in [-0.3, -0.25) is 0 Å². The van der Waals surface area contributed by atoms with Gasteiger partial charge >= 0.3 is 0 Å². The molecule has 2 nitrogen and oxygen atoms in total. The number of halogens is 1. The number of ether oxygens (including phenoxy) is 1. The number of benzene rings is 1. The number of hydrogen-bond donors (Lipinski definition) is 1. The lowest BCUT2D eigenvalue weighted by molar-refractivity contribution is 0.167. The van der Waals surface area contributed by atoms with Crippen molar-refractivity contribution in [2.75, 3.05) is 20.3 Å². The van der Waals surface area contributed by atoms with E-state index in [1.807, 2.05) is 13.0 Å². The topological polar surface area (TPSA) is 21.3 Å². The lowest BCUT2D eigenvalue weighted by atomic mass is 10.0. The van der Waals surface area contributed by atoms with E-state index >= 15 is 0 Å². The van der Waals surface area contributed by atoms with Crippen LogP contribution in [0.3, 0.4) is 0 Å². The summed E-state index contributed by atoms with van der Waals surface area (Å²) in [6.07, 6.45) is 0.869. The highest BCUT2D eigenvalue weighted by Gasteiger charge is 2.09. The van der Waals surface area contributed by atoms with Gasteiger partial charge in [0.2, 0.25) is 0 Å². The molecular formula is C13H20FNO. The number of hydrogen-bond acceptors (Lipinski definition) is 2. The van der Waals surface area contributed by atoms with Crippen molar-refractivity contribution in [3.8, 4) is 0 Å². The normalized spacial score (nSPS) is 12.8. The molecular weight excluding hydrogens is 205 g/mol. The van der Waals surface area contributed by atoms with Gasteiger partial charge in [-0.25, -0.2) is 4.39 Å². The Kier molecular flexibility index (Phi) is 5.43. The fourth-order valence-corrected chi connectivity index (χ4v) is 1.83. The lowest BCUT2D eigenvalue weighted by Crippen LogP contribution is -2.35. The van der Waals surface area contributed by atoms with Crippen LogP contribution >= 0.6 is 0 Å². The van der Waals surface area contributed by atoms with Crippen LogP contribution in [0.25, 0.3) is 0 Å². The Balaban J connectivity index is 2.68. The van der Waals surface area contributed by atoms with E-state index in [0.29, 0.717) is 12.6 Å². The fourth-order valence-electron chi connectivity index (χ4n) is 1.83. The minimum absolute atomic E-state index is 0.173. The molecule has 1 unspecified atom stereocenters. The van der Waals surface area contributed by atoms with E-state index in [-0.39, 0.29) is 5.82 Å². The highest BCUT2D eigenvalue weighted by molar-refractivity contribution is 5.27. The highest BCUT2D eigenvalue weighted by atomic mass is 19.1. The first-order chi connectivity index (χ1) is 7.67. The molecule has 16 heavy (non-hydrogen) atoms. The number of likely N-dealkylation sites (N-methyl/N-ethyl adjacent to an activating group) is 1. The van der Waals surface area contributed by atoms with Crippen LogP contribution in [0, 0.1) is 12.7 Å². The van der Waals surface area contributed by atoms with Crippen LogP contribution in [-0.2, 0) is 11.2 Å². The van der Waals surface area contributed by atoms with Crippen LogP contribution in [0.4, 0.5) is 4.39 Å². The van der Waals surface area contributed by atoms with Gasteiger partial charge in [0.15, 0.2) is 0 Å². The van der Waals surface area contributed by atoms with Crippen LogP contribution in [0.2, 0.25) is 0 Å². The molecule has 0 aromatic heterocycles. The van der Waals surface area contributed by atoms with Crippen LogP contribution in [0.5, 0.6) is 0 Å². The van der Waals surface area contributed by atoms with Gasteiger partial charge in [-0.15, -0.1) is 0 Å². The van der Waals surface area contributed by atoms with Crippen molar-refractivity contribution in [2.45, 2.75) is 26.3 Å². The van der Waals surface area contributed by atoms with Crippen molar-refractivity contribution in [3.05, 3.63) is 35.1 Å². The molecule has 1 aromatic rings. The largest absolute Gasteiger partial charge is 0.383 e. The van der Waals surface area contributed by atoms with Crippen molar-refractivity contribution in [2.24, 2.45) is 0 Å². The number of methoxy groups -OCH3 is 1. The molecule has 0 fully saturated rings. The molecule has 0 aliphatic heterocycles. The average molecular weight is 225 g/mol. The summed E-state index contributed by atoms with van der Waals surface area (Å²) in [4.78, 5) is 0. The Hall–Kier alpha value is -0.930. The van der Waals surface area contributed by atoms with Crippen molar-refractivity contribution in [3.63, 3.8) is 0 Å². The molecule has 0 bridgehead atoms. The van der Waals surface area contributed by atoms with Gasteiger partial charge in [-0.2, -0.15) is 0 Å². The molecule has 1 N–H and O–H groups in total. The fraction of sp³-hybridized carbons (Fsp3) is 0.538. The molecule has 0 spiro atoms. The monoisotopic (exact) mass is 225 g/mol. The maximum absolute atomic E-state index is 12.9. The van der Waals surface area contributed by atoms with Crippen molar-refractivity contribution in [1.82, 2.24) is 5.32 Å². The summed E-state index contributed by atoms with van der Waals surface area (Å²) in [5.41, 5.74) is 2.17. The summed E-state index contributed by atoms with van der Waals surface area (Å²) < 4.78 is 18.1. The van der Waals surface area contributed by atoms with Gasteiger partial charge in [0.05, 0.1) is 6.61 Å². The minimum atomic E-state index is -0.173. The van der Waals surface area contributed by atoms with Crippen molar-refractivity contribution < 1.29 is 9.13 Å². The highest BCUT2D eigenvalue weighted by Crippen LogP contribution is 2.12. The zero-order valence-corrected chi connectivity index (χ0v) is 10.2. The van der Waals surface area contributed by atoms with Crippen molar-refractivity contribution in [1.29, 1.82) is 0 Å². The molecule has 0 aliphatic rings. The SMILES string of the molecule is CCNC(COC)Cc1ccc(F)cc1C. The Bertz CT molecular complexity index is 322. The molecule has 0 radical (unpaired) electrons. The molecule has 0 saturated heterocycles. The first-order valence-electron chi connectivity index (χ1n) is 5.64. The Morgan fingerprint density at radius 1 is 1.44 bits per heavy atom. The molecule has 1 aromatic carbocycles. The van der Waals surface area contributed by atoms with Crippen LogP contribution in [0.15, 0.2) is 18.2 Å². The predicted octanol–water partition coefficient (Wildman–Crippen LogP) is 2.30. The summed E-state index contributed by atoms with van der Waals surface area (Å²) in [6, 6.07) is 5.23. The molecule has 0 heterocycles. The van der Waals surface area contributed by atoms with Gasteiger partial charge in [-0.05, 0) is 43.1 Å². The summed E-state index contributed by atoms with van der Waals surface area (Å²) in [5, 5.41) is 3.36. The summed E-state index contributed by atoms with van der Waals surface area (Å²) in [5.74, 6) is -0.173. The van der Waals surface area contributed by atoms with Crippen LogP contribution < -0.4 is 5.32 Å². The van der Waals surface area contributed by atoms with E-state index in [1.54, 1.807) is 13.2 Å². The summed E-state index contributed by atoms with van der Waals surface area (Å²) >= 11 is 0. The minimum Gasteiger partial charge on any atom is -0.383 e. The number of rotatable bonds is 6. The smallest absolute Gasteiger partial charge is 0.123 e. The number of nitrogens with one attached hydrogen (secondary N) is 1. The second-order valence-corrected chi connectivity index (χ2v) is 3.98. The van der Waals surface area contributed by atoms with E-state index in [9.17, 15) is 4.39 Å². The molecule has 0 saturated carbocycles. The second-order valence-electron chi connectivity index (χ2n) is 3.98. The van der Waals surface area contributed by atoms with E-state index < -0.39 is 0 Å². The predicted molar refractivity (Wildman–Crippen MR) is 64.2 cm³/mol. The zero-order chi connectivity index (χ0) is 12.0. The van der Waals surface area contributed by atoms with E-state index in [4.69, 9.17) is 4.74 Å². The molecule has 0 amide bonds. The maximum Gasteiger partial charge on any atom is 0.123 e. The van der Waals surface area contributed by atoms with Crippen molar-refractivity contribution >= 4 is 0 Å². The summed E-state index contributed by atoms with van der Waals surface area (Å²) in [6.45, 7) is 5.59. The Labute approximate surface area is 96.8 Å². The first kappa shape index (κ1) is 13.1. The first-order valence-corrected chi connectivity index (χ1v) is 5.64. The van der Waals surface area contributed by atoms with E-state index in [0.717, 1.165) is 18.5 Å². The Morgan fingerprint density at radius 2 is 2.19 bits per heavy atom.